The van der Waals surface area contributed by atoms with E-state index in [4.69, 9.17) is 5.73 Å². The third kappa shape index (κ3) is 4.51. The summed E-state index contributed by atoms with van der Waals surface area (Å²) < 4.78 is 0. The molecule has 4 rings (SSSR count). The van der Waals surface area contributed by atoms with E-state index in [1.807, 2.05) is 36.4 Å². The van der Waals surface area contributed by atoms with Gasteiger partial charge >= 0.3 is 0 Å². The average molecular weight is 418 g/mol. The maximum absolute atomic E-state index is 12.6. The van der Waals surface area contributed by atoms with Crippen molar-refractivity contribution in [2.45, 2.75) is 19.4 Å². The molecule has 0 saturated carbocycles. The Morgan fingerprint density at radius 3 is 2.45 bits per heavy atom. The number of nitrogens with one attached hydrogen (secondary N) is 1. The molecule has 0 aliphatic carbocycles. The summed E-state index contributed by atoms with van der Waals surface area (Å²) in [6, 6.07) is 14.9. The molecule has 2 aromatic rings. The van der Waals surface area contributed by atoms with E-state index in [1.165, 1.54) is 4.90 Å². The Labute approximate surface area is 181 Å². The molecular formula is C24H26N4O3. The Morgan fingerprint density at radius 1 is 1.06 bits per heavy atom. The van der Waals surface area contributed by atoms with Crippen molar-refractivity contribution in [2.24, 2.45) is 11.7 Å². The highest BCUT2D eigenvalue weighted by Gasteiger charge is 2.31. The van der Waals surface area contributed by atoms with E-state index in [1.54, 1.807) is 12.1 Å². The molecule has 0 aromatic heterocycles. The molecule has 7 heteroatoms. The summed E-state index contributed by atoms with van der Waals surface area (Å²) >= 11 is 0. The van der Waals surface area contributed by atoms with Gasteiger partial charge in [-0.2, -0.15) is 0 Å². The number of likely N-dealkylation sites (tertiary alicyclic amines) is 1. The minimum Gasteiger partial charge on any atom is -0.369 e. The maximum atomic E-state index is 12.6. The van der Waals surface area contributed by atoms with Gasteiger partial charge in [-0.25, -0.2) is 0 Å². The highest BCUT2D eigenvalue weighted by atomic mass is 16.2. The molecule has 2 aliphatic heterocycles. The van der Waals surface area contributed by atoms with Gasteiger partial charge in [-0.15, -0.1) is 0 Å². The Kier molecular flexibility index (Phi) is 5.86. The molecule has 7 nitrogen and oxygen atoms in total. The predicted molar refractivity (Wildman–Crippen MR) is 119 cm³/mol. The lowest BCUT2D eigenvalue weighted by Gasteiger charge is -2.30. The number of hydrogen-bond donors (Lipinski definition) is 2. The fourth-order valence-electron chi connectivity index (χ4n) is 4.23. The first-order valence-corrected chi connectivity index (χ1v) is 10.4. The van der Waals surface area contributed by atoms with Gasteiger partial charge in [0.25, 0.3) is 5.91 Å². The topological polar surface area (TPSA) is 95.7 Å². The van der Waals surface area contributed by atoms with Crippen molar-refractivity contribution in [3.8, 4) is 0 Å². The molecule has 1 saturated heterocycles. The van der Waals surface area contributed by atoms with E-state index in [-0.39, 0.29) is 30.2 Å². The molecule has 3 N–H and O–H groups in total. The lowest BCUT2D eigenvalue weighted by Crippen LogP contribution is -2.38. The molecule has 160 valence electrons. The van der Waals surface area contributed by atoms with E-state index in [9.17, 15) is 14.4 Å². The third-order valence-electron chi connectivity index (χ3n) is 5.95. The number of primary amides is 1. The third-order valence-corrected chi connectivity index (χ3v) is 5.95. The summed E-state index contributed by atoms with van der Waals surface area (Å²) in [6.45, 7) is 6.28. The summed E-state index contributed by atoms with van der Waals surface area (Å²) in [5.74, 6) is -0.728. The van der Waals surface area contributed by atoms with Crippen molar-refractivity contribution in [3.05, 3.63) is 71.8 Å². The number of amides is 3. The SMILES string of the molecule is C=C1c2ccccc2C(=O)N1CC(=O)Nc1cccc(CN2CCC(C(N)=O)CC2)c1. The highest BCUT2D eigenvalue weighted by Crippen LogP contribution is 2.30. The minimum absolute atomic E-state index is 0.0314. The van der Waals surface area contributed by atoms with Gasteiger partial charge in [-0.1, -0.05) is 36.9 Å². The van der Waals surface area contributed by atoms with Gasteiger partial charge in [0.1, 0.15) is 6.54 Å². The zero-order chi connectivity index (χ0) is 22.0. The second kappa shape index (κ2) is 8.73. The molecule has 0 spiro atoms. The molecule has 0 radical (unpaired) electrons. The summed E-state index contributed by atoms with van der Waals surface area (Å²) in [6.07, 6.45) is 1.56. The van der Waals surface area contributed by atoms with E-state index < -0.39 is 0 Å². The fraction of sp³-hybridized carbons (Fsp3) is 0.292. The van der Waals surface area contributed by atoms with Crippen molar-refractivity contribution >= 4 is 29.1 Å². The Balaban J connectivity index is 1.34. The Hall–Kier alpha value is -3.45. The van der Waals surface area contributed by atoms with Crippen molar-refractivity contribution in [2.75, 3.05) is 25.0 Å². The van der Waals surface area contributed by atoms with Gasteiger partial charge in [-0.05, 0) is 49.7 Å². The molecule has 1 fully saturated rings. The fourth-order valence-corrected chi connectivity index (χ4v) is 4.23. The van der Waals surface area contributed by atoms with Crippen LogP contribution < -0.4 is 11.1 Å². The zero-order valence-electron chi connectivity index (χ0n) is 17.3. The maximum Gasteiger partial charge on any atom is 0.259 e. The highest BCUT2D eigenvalue weighted by molar-refractivity contribution is 6.11. The predicted octanol–water partition coefficient (Wildman–Crippen LogP) is 2.45. The van der Waals surface area contributed by atoms with Crippen LogP contribution in [0.25, 0.3) is 5.70 Å². The van der Waals surface area contributed by atoms with E-state index >= 15 is 0 Å². The molecule has 3 amide bonds. The Morgan fingerprint density at radius 2 is 1.77 bits per heavy atom. The quantitative estimate of drug-likeness (QED) is 0.753. The first kappa shape index (κ1) is 20.8. The van der Waals surface area contributed by atoms with Crippen LogP contribution in [0.3, 0.4) is 0 Å². The van der Waals surface area contributed by atoms with Crippen LogP contribution in [-0.2, 0) is 16.1 Å². The van der Waals surface area contributed by atoms with Crippen molar-refractivity contribution < 1.29 is 14.4 Å². The van der Waals surface area contributed by atoms with Gasteiger partial charge in [0.05, 0.1) is 0 Å². The largest absolute Gasteiger partial charge is 0.369 e. The number of nitrogens with zero attached hydrogens (tertiary/aromatic N) is 2. The van der Waals surface area contributed by atoms with Gasteiger partial charge in [0, 0.05) is 35.0 Å². The van der Waals surface area contributed by atoms with E-state index in [0.717, 1.165) is 43.6 Å². The number of hydrogen-bond acceptors (Lipinski definition) is 4. The first-order valence-electron chi connectivity index (χ1n) is 10.4. The minimum atomic E-state index is -0.276. The lowest BCUT2D eigenvalue weighted by atomic mass is 9.96. The molecule has 0 unspecified atom stereocenters. The second-order valence-corrected chi connectivity index (χ2v) is 8.08. The molecule has 0 bridgehead atoms. The molecule has 2 aromatic carbocycles. The number of fused-ring (bicyclic) bond motifs is 1. The van der Waals surface area contributed by atoms with Gasteiger partial charge < -0.3 is 11.1 Å². The number of anilines is 1. The first-order chi connectivity index (χ1) is 14.9. The van der Waals surface area contributed by atoms with Crippen LogP contribution in [0.2, 0.25) is 0 Å². The second-order valence-electron chi connectivity index (χ2n) is 8.08. The van der Waals surface area contributed by atoms with Crippen LogP contribution in [0.1, 0.15) is 34.3 Å². The number of carbonyl (C=O) groups is 3. The zero-order valence-corrected chi connectivity index (χ0v) is 17.3. The van der Waals surface area contributed by atoms with Crippen molar-refractivity contribution in [1.29, 1.82) is 0 Å². The smallest absolute Gasteiger partial charge is 0.259 e. The number of nitrogens with two attached hydrogens (primary N) is 1. The lowest BCUT2D eigenvalue weighted by molar-refractivity contribution is -0.123. The van der Waals surface area contributed by atoms with Crippen LogP contribution in [-0.4, -0.2) is 47.2 Å². The van der Waals surface area contributed by atoms with Crippen LogP contribution >= 0.6 is 0 Å². The standard InChI is InChI=1S/C24H26N4O3/c1-16-20-7-2-3-8-21(20)24(31)28(16)15-22(29)26-19-6-4-5-17(13-19)14-27-11-9-18(10-12-27)23(25)30/h2-8,13,18H,1,9-12,14-15H2,(H2,25,30)(H,26,29). The number of carbonyl (C=O) groups excluding carboxylic acids is 3. The van der Waals surface area contributed by atoms with Crippen molar-refractivity contribution in [3.63, 3.8) is 0 Å². The van der Waals surface area contributed by atoms with Crippen LogP contribution in [0.4, 0.5) is 5.69 Å². The van der Waals surface area contributed by atoms with Gasteiger partial charge in [0.15, 0.2) is 0 Å². The Bertz CT molecular complexity index is 1010. The van der Waals surface area contributed by atoms with Gasteiger partial charge in [-0.3, -0.25) is 24.2 Å². The van der Waals surface area contributed by atoms with Crippen LogP contribution in [0, 0.1) is 5.92 Å². The van der Waals surface area contributed by atoms with Crippen LogP contribution in [0.15, 0.2) is 55.1 Å². The monoisotopic (exact) mass is 418 g/mol. The van der Waals surface area contributed by atoms with Gasteiger partial charge in [0.2, 0.25) is 11.8 Å². The summed E-state index contributed by atoms with van der Waals surface area (Å²) in [4.78, 5) is 40.2. The number of rotatable bonds is 6. The normalized spacial score (nSPS) is 17.0. The molecule has 31 heavy (non-hydrogen) atoms. The van der Waals surface area contributed by atoms with Crippen molar-refractivity contribution in [1.82, 2.24) is 9.80 Å². The summed E-state index contributed by atoms with van der Waals surface area (Å²) in [5, 5.41) is 2.88. The van der Waals surface area contributed by atoms with E-state index in [2.05, 4.69) is 16.8 Å². The molecule has 2 aliphatic rings. The number of piperidine rings is 1. The summed E-state index contributed by atoms with van der Waals surface area (Å²) in [7, 11) is 0. The molecule has 2 heterocycles. The number of benzene rings is 2. The average Bonchev–Trinajstić information content (AvgIpc) is 2.99. The van der Waals surface area contributed by atoms with E-state index in [0.29, 0.717) is 16.9 Å². The molecular weight excluding hydrogens is 392 g/mol. The van der Waals surface area contributed by atoms with Crippen LogP contribution in [0.5, 0.6) is 0 Å². The summed E-state index contributed by atoms with van der Waals surface area (Å²) in [5.41, 5.74) is 9.05. The molecule has 0 atom stereocenters.